The van der Waals surface area contributed by atoms with Gasteiger partial charge in [-0.25, -0.2) is 4.79 Å². The molecule has 0 unspecified atom stereocenters. The Kier molecular flexibility index (Phi) is 4.18. The highest BCUT2D eigenvalue weighted by atomic mass is 35.5. The van der Waals surface area contributed by atoms with E-state index in [4.69, 9.17) is 16.7 Å². The van der Waals surface area contributed by atoms with Crippen molar-refractivity contribution in [2.75, 3.05) is 11.9 Å². The highest BCUT2D eigenvalue weighted by Gasteiger charge is 1.99. The maximum atomic E-state index is 10.2. The number of carboxylic acids is 1. The quantitative estimate of drug-likeness (QED) is 0.775. The van der Waals surface area contributed by atoms with Crippen molar-refractivity contribution in [2.45, 2.75) is 6.92 Å². The molecule has 0 aliphatic rings. The largest absolute Gasteiger partial charge is 0.478 e. The van der Waals surface area contributed by atoms with Crippen molar-refractivity contribution in [1.82, 2.24) is 0 Å². The lowest BCUT2D eigenvalue weighted by atomic mass is 10.2. The number of anilines is 1. The van der Waals surface area contributed by atoms with Crippen molar-refractivity contribution in [1.29, 1.82) is 0 Å². The molecule has 0 saturated heterocycles. The van der Waals surface area contributed by atoms with Crippen LogP contribution >= 0.6 is 11.6 Å². The van der Waals surface area contributed by atoms with Gasteiger partial charge >= 0.3 is 5.97 Å². The molecule has 0 aromatic heterocycles. The van der Waals surface area contributed by atoms with Crippen molar-refractivity contribution in [3.8, 4) is 0 Å². The summed E-state index contributed by atoms with van der Waals surface area (Å²) in [6, 6.07) is 5.56. The van der Waals surface area contributed by atoms with Gasteiger partial charge in [-0.3, -0.25) is 0 Å². The fourth-order valence-corrected chi connectivity index (χ4v) is 1.30. The minimum atomic E-state index is -0.945. The predicted octanol–water partition coefficient (Wildman–Crippen LogP) is 2.70. The number of carboxylic acid groups (broad SMARTS) is 1. The third-order valence-electron chi connectivity index (χ3n) is 1.94. The van der Waals surface area contributed by atoms with Crippen LogP contribution in [0.4, 0.5) is 5.69 Å². The third kappa shape index (κ3) is 3.64. The first-order valence-electron chi connectivity index (χ1n) is 4.49. The second-order valence-corrected chi connectivity index (χ2v) is 3.44. The average Bonchev–Trinajstić information content (AvgIpc) is 2.18. The molecule has 1 aromatic rings. The van der Waals surface area contributed by atoms with Crippen molar-refractivity contribution >= 4 is 23.3 Å². The minimum absolute atomic E-state index is 0.466. The van der Waals surface area contributed by atoms with Gasteiger partial charge in [-0.1, -0.05) is 23.7 Å². The molecule has 0 aliphatic carbocycles. The molecule has 0 bridgehead atoms. The van der Waals surface area contributed by atoms with Crippen LogP contribution in [0.25, 0.3) is 0 Å². The zero-order valence-corrected chi connectivity index (χ0v) is 9.08. The van der Waals surface area contributed by atoms with Crippen LogP contribution in [0.1, 0.15) is 5.56 Å². The molecule has 0 spiro atoms. The molecule has 0 saturated carbocycles. The lowest BCUT2D eigenvalue weighted by Gasteiger charge is -2.08. The number of halogens is 1. The maximum absolute atomic E-state index is 10.2. The Balaban J connectivity index is 2.58. The third-order valence-corrected chi connectivity index (χ3v) is 2.35. The van der Waals surface area contributed by atoms with E-state index in [0.29, 0.717) is 11.6 Å². The van der Waals surface area contributed by atoms with Crippen LogP contribution in [0.3, 0.4) is 0 Å². The van der Waals surface area contributed by atoms with Crippen LogP contribution in [0.5, 0.6) is 0 Å². The molecule has 1 aromatic carbocycles. The summed E-state index contributed by atoms with van der Waals surface area (Å²) in [5, 5.41) is 12.1. The number of hydrogen-bond donors (Lipinski definition) is 2. The van der Waals surface area contributed by atoms with Crippen molar-refractivity contribution in [2.24, 2.45) is 0 Å². The summed E-state index contributed by atoms with van der Waals surface area (Å²) in [5.41, 5.74) is 1.88. The topological polar surface area (TPSA) is 49.3 Å². The second kappa shape index (κ2) is 5.41. The van der Waals surface area contributed by atoms with Gasteiger partial charge in [-0.15, -0.1) is 0 Å². The molecule has 0 fully saturated rings. The van der Waals surface area contributed by atoms with Gasteiger partial charge in [0, 0.05) is 23.3 Å². The van der Waals surface area contributed by atoms with Gasteiger partial charge in [0.05, 0.1) is 0 Å². The van der Waals surface area contributed by atoms with E-state index < -0.39 is 5.97 Å². The number of aliphatic carboxylic acids is 1. The minimum Gasteiger partial charge on any atom is -0.478 e. The van der Waals surface area contributed by atoms with E-state index >= 15 is 0 Å². The van der Waals surface area contributed by atoms with E-state index in [1.54, 1.807) is 6.08 Å². The SMILES string of the molecule is Cc1c(Cl)cccc1NC/C=C/C(=O)O. The first-order valence-corrected chi connectivity index (χ1v) is 4.87. The molecule has 0 aliphatic heterocycles. The number of nitrogens with one attached hydrogen (secondary N) is 1. The predicted molar refractivity (Wildman–Crippen MR) is 61.5 cm³/mol. The number of rotatable bonds is 4. The summed E-state index contributed by atoms with van der Waals surface area (Å²) in [5.74, 6) is -0.945. The Morgan fingerprint density at radius 2 is 2.33 bits per heavy atom. The summed E-state index contributed by atoms with van der Waals surface area (Å²) in [7, 11) is 0. The summed E-state index contributed by atoms with van der Waals surface area (Å²) >= 11 is 5.92. The standard InChI is InChI=1S/C11H12ClNO2/c1-8-9(12)4-2-5-10(8)13-7-3-6-11(14)15/h2-6,13H,7H2,1H3,(H,14,15)/b6-3+. The molecule has 80 valence electrons. The molecule has 4 heteroatoms. The van der Waals surface area contributed by atoms with E-state index in [1.807, 2.05) is 25.1 Å². The summed E-state index contributed by atoms with van der Waals surface area (Å²) in [6.45, 7) is 2.37. The smallest absolute Gasteiger partial charge is 0.328 e. The zero-order chi connectivity index (χ0) is 11.3. The van der Waals surface area contributed by atoms with Crippen molar-refractivity contribution in [3.63, 3.8) is 0 Å². The molecule has 0 atom stereocenters. The average molecular weight is 226 g/mol. The van der Waals surface area contributed by atoms with E-state index in [9.17, 15) is 4.79 Å². The van der Waals surface area contributed by atoms with Crippen LogP contribution in [-0.4, -0.2) is 17.6 Å². The first-order chi connectivity index (χ1) is 7.11. The van der Waals surface area contributed by atoms with Gasteiger partial charge in [0.15, 0.2) is 0 Å². The number of benzene rings is 1. The molecule has 2 N–H and O–H groups in total. The van der Waals surface area contributed by atoms with Crippen LogP contribution in [0, 0.1) is 6.92 Å². The Morgan fingerprint density at radius 1 is 1.60 bits per heavy atom. The second-order valence-electron chi connectivity index (χ2n) is 3.03. The Morgan fingerprint density at radius 3 is 3.00 bits per heavy atom. The molecule has 1 rings (SSSR count). The fraction of sp³-hybridized carbons (Fsp3) is 0.182. The molecule has 3 nitrogen and oxygen atoms in total. The maximum Gasteiger partial charge on any atom is 0.328 e. The molecular formula is C11H12ClNO2. The monoisotopic (exact) mass is 225 g/mol. The van der Waals surface area contributed by atoms with Gasteiger partial charge in [-0.2, -0.15) is 0 Å². The van der Waals surface area contributed by atoms with E-state index in [0.717, 1.165) is 17.3 Å². The highest BCUT2D eigenvalue weighted by molar-refractivity contribution is 6.31. The first kappa shape index (κ1) is 11.6. The number of carbonyl (C=O) groups is 1. The van der Waals surface area contributed by atoms with E-state index in [2.05, 4.69) is 5.32 Å². The van der Waals surface area contributed by atoms with Gasteiger partial charge in [0.1, 0.15) is 0 Å². The molecule has 15 heavy (non-hydrogen) atoms. The van der Waals surface area contributed by atoms with E-state index in [-0.39, 0.29) is 0 Å². The number of hydrogen-bond acceptors (Lipinski definition) is 2. The van der Waals surface area contributed by atoms with Gasteiger partial charge in [0.2, 0.25) is 0 Å². The molecule has 0 radical (unpaired) electrons. The van der Waals surface area contributed by atoms with Gasteiger partial charge in [-0.05, 0) is 24.6 Å². The summed E-state index contributed by atoms with van der Waals surface area (Å²) in [6.07, 6.45) is 2.65. The van der Waals surface area contributed by atoms with Crippen LogP contribution in [0.15, 0.2) is 30.4 Å². The Hall–Kier alpha value is -1.48. The van der Waals surface area contributed by atoms with Gasteiger partial charge < -0.3 is 10.4 Å². The molecular weight excluding hydrogens is 214 g/mol. The van der Waals surface area contributed by atoms with Crippen LogP contribution < -0.4 is 5.32 Å². The summed E-state index contributed by atoms with van der Waals surface area (Å²) < 4.78 is 0. The van der Waals surface area contributed by atoms with Crippen molar-refractivity contribution < 1.29 is 9.90 Å². The van der Waals surface area contributed by atoms with Crippen molar-refractivity contribution in [3.05, 3.63) is 40.9 Å². The van der Waals surface area contributed by atoms with E-state index in [1.165, 1.54) is 0 Å². The Labute approximate surface area is 93.4 Å². The van der Waals surface area contributed by atoms with Crippen LogP contribution in [0.2, 0.25) is 5.02 Å². The normalized spacial score (nSPS) is 10.5. The zero-order valence-electron chi connectivity index (χ0n) is 8.33. The lowest BCUT2D eigenvalue weighted by Crippen LogP contribution is -2.01. The summed E-state index contributed by atoms with van der Waals surface area (Å²) in [4.78, 5) is 10.2. The lowest BCUT2D eigenvalue weighted by molar-refractivity contribution is -0.131. The van der Waals surface area contributed by atoms with Gasteiger partial charge in [0.25, 0.3) is 0 Å². The van der Waals surface area contributed by atoms with Crippen LogP contribution in [-0.2, 0) is 4.79 Å². The molecule has 0 heterocycles. The Bertz CT molecular complexity index is 388. The highest BCUT2D eigenvalue weighted by Crippen LogP contribution is 2.22. The molecule has 0 amide bonds. The fourth-order valence-electron chi connectivity index (χ4n) is 1.13.